The fourth-order valence-corrected chi connectivity index (χ4v) is 2.82. The fourth-order valence-electron chi connectivity index (χ4n) is 2.82. The molecule has 1 saturated carbocycles. The van der Waals surface area contributed by atoms with Crippen LogP contribution in [0.4, 0.5) is 4.39 Å². The van der Waals surface area contributed by atoms with E-state index in [1.165, 1.54) is 44.2 Å². The molecule has 1 aromatic rings. The van der Waals surface area contributed by atoms with Crippen molar-refractivity contribution in [1.82, 2.24) is 5.32 Å². The molecule has 3 nitrogen and oxygen atoms in total. The third-order valence-electron chi connectivity index (χ3n) is 4.08. The van der Waals surface area contributed by atoms with Gasteiger partial charge in [0.2, 0.25) is 0 Å². The zero-order valence-electron chi connectivity index (χ0n) is 11.9. The smallest absolute Gasteiger partial charge is 0.123 e. The molecular formula is C16H25FN2O. The first-order valence-electron chi connectivity index (χ1n) is 7.56. The van der Waals surface area contributed by atoms with Crippen LogP contribution in [0.3, 0.4) is 0 Å². The molecule has 1 aliphatic carbocycles. The lowest BCUT2D eigenvalue weighted by molar-refractivity contribution is 0.135. The molecule has 20 heavy (non-hydrogen) atoms. The van der Waals surface area contributed by atoms with E-state index >= 15 is 0 Å². The van der Waals surface area contributed by atoms with Crippen molar-refractivity contribution in [2.45, 2.75) is 56.7 Å². The number of nitrogens with two attached hydrogens (primary N) is 1. The van der Waals surface area contributed by atoms with Gasteiger partial charge < -0.3 is 16.2 Å². The molecule has 0 unspecified atom stereocenters. The predicted molar refractivity (Wildman–Crippen MR) is 79.0 cm³/mol. The second kappa shape index (κ2) is 7.72. The number of benzene rings is 1. The summed E-state index contributed by atoms with van der Waals surface area (Å²) in [7, 11) is 0. The molecule has 1 aliphatic rings. The first-order valence-corrected chi connectivity index (χ1v) is 7.56. The van der Waals surface area contributed by atoms with Gasteiger partial charge in [-0.05, 0) is 37.0 Å². The maximum absolute atomic E-state index is 13.1. The van der Waals surface area contributed by atoms with Gasteiger partial charge in [0.1, 0.15) is 5.82 Å². The minimum absolute atomic E-state index is 0.260. The minimum atomic E-state index is -0.597. The van der Waals surface area contributed by atoms with Crippen molar-refractivity contribution in [3.05, 3.63) is 35.6 Å². The van der Waals surface area contributed by atoms with Gasteiger partial charge in [-0.15, -0.1) is 0 Å². The summed E-state index contributed by atoms with van der Waals surface area (Å²) < 4.78 is 13.1. The van der Waals surface area contributed by atoms with Crippen molar-refractivity contribution in [2.75, 3.05) is 6.54 Å². The van der Waals surface area contributed by atoms with Crippen molar-refractivity contribution in [1.29, 1.82) is 0 Å². The van der Waals surface area contributed by atoms with Crippen LogP contribution in [0, 0.1) is 5.82 Å². The molecule has 1 fully saturated rings. The Bertz CT molecular complexity index is 407. The summed E-state index contributed by atoms with van der Waals surface area (Å²) in [6.45, 7) is 0.515. The Balaban J connectivity index is 1.75. The number of hydrogen-bond acceptors (Lipinski definition) is 3. The molecule has 0 amide bonds. The summed E-state index contributed by atoms with van der Waals surface area (Å²) in [6.07, 6.45) is 6.12. The van der Waals surface area contributed by atoms with Crippen LogP contribution in [0.2, 0.25) is 0 Å². The van der Waals surface area contributed by atoms with Crippen LogP contribution in [-0.4, -0.2) is 29.8 Å². The SMILES string of the molecule is N[C@@H](Cc1cccc(F)c1)[C@H](O)CNC1CCCCC1. The number of rotatable bonds is 6. The second-order valence-corrected chi connectivity index (χ2v) is 5.81. The number of nitrogens with one attached hydrogen (secondary N) is 1. The minimum Gasteiger partial charge on any atom is -0.390 e. The van der Waals surface area contributed by atoms with Crippen LogP contribution in [0.1, 0.15) is 37.7 Å². The molecule has 0 spiro atoms. The van der Waals surface area contributed by atoms with Crippen LogP contribution in [0.25, 0.3) is 0 Å². The van der Waals surface area contributed by atoms with E-state index in [1.54, 1.807) is 6.07 Å². The zero-order chi connectivity index (χ0) is 14.4. The second-order valence-electron chi connectivity index (χ2n) is 5.81. The normalized spacial score (nSPS) is 19.8. The van der Waals surface area contributed by atoms with Gasteiger partial charge in [0.25, 0.3) is 0 Å². The lowest BCUT2D eigenvalue weighted by atomic mass is 9.95. The summed E-state index contributed by atoms with van der Waals surface area (Å²) in [6, 6.07) is 6.54. The van der Waals surface area contributed by atoms with Crippen LogP contribution in [0.15, 0.2) is 24.3 Å². The fraction of sp³-hybridized carbons (Fsp3) is 0.625. The van der Waals surface area contributed by atoms with Gasteiger partial charge in [0.05, 0.1) is 6.10 Å². The monoisotopic (exact) mass is 280 g/mol. The Morgan fingerprint density at radius 1 is 1.30 bits per heavy atom. The standard InChI is InChI=1S/C16H25FN2O/c17-13-6-4-5-12(9-13)10-15(18)16(20)11-19-14-7-2-1-3-8-14/h4-6,9,14-16,19-20H,1-3,7-8,10-11,18H2/t15-,16+/m0/s1. The molecule has 2 atom stereocenters. The van der Waals surface area contributed by atoms with E-state index in [2.05, 4.69) is 5.32 Å². The zero-order valence-corrected chi connectivity index (χ0v) is 11.9. The Labute approximate surface area is 120 Å². The summed E-state index contributed by atoms with van der Waals surface area (Å²) >= 11 is 0. The van der Waals surface area contributed by atoms with Crippen LogP contribution >= 0.6 is 0 Å². The molecule has 2 rings (SSSR count). The highest BCUT2D eigenvalue weighted by Gasteiger charge is 2.18. The van der Waals surface area contributed by atoms with Crippen LogP contribution < -0.4 is 11.1 Å². The topological polar surface area (TPSA) is 58.3 Å². The van der Waals surface area contributed by atoms with Gasteiger partial charge in [-0.1, -0.05) is 31.4 Å². The summed E-state index contributed by atoms with van der Waals surface area (Å²) in [5.41, 5.74) is 6.83. The van der Waals surface area contributed by atoms with E-state index < -0.39 is 6.10 Å². The molecule has 0 heterocycles. The van der Waals surface area contributed by atoms with E-state index in [0.29, 0.717) is 19.0 Å². The van der Waals surface area contributed by atoms with E-state index in [0.717, 1.165) is 5.56 Å². The quantitative estimate of drug-likeness (QED) is 0.747. The predicted octanol–water partition coefficient (Wildman–Crippen LogP) is 1.98. The van der Waals surface area contributed by atoms with Crippen molar-refractivity contribution in [2.24, 2.45) is 5.73 Å². The first-order chi connectivity index (χ1) is 9.65. The van der Waals surface area contributed by atoms with E-state index in [4.69, 9.17) is 5.73 Å². The summed E-state index contributed by atoms with van der Waals surface area (Å²) in [5, 5.41) is 13.5. The molecule has 112 valence electrons. The molecule has 0 aromatic heterocycles. The molecule has 0 bridgehead atoms. The summed E-state index contributed by atoms with van der Waals surface area (Å²) in [5.74, 6) is -0.260. The lowest BCUT2D eigenvalue weighted by Gasteiger charge is -2.26. The van der Waals surface area contributed by atoms with Gasteiger partial charge in [-0.25, -0.2) is 4.39 Å². The number of aliphatic hydroxyl groups excluding tert-OH is 1. The molecule has 0 aliphatic heterocycles. The van der Waals surface area contributed by atoms with Crippen molar-refractivity contribution in [3.8, 4) is 0 Å². The van der Waals surface area contributed by atoms with Crippen molar-refractivity contribution in [3.63, 3.8) is 0 Å². The van der Waals surface area contributed by atoms with E-state index in [1.807, 2.05) is 6.07 Å². The lowest BCUT2D eigenvalue weighted by Crippen LogP contribution is -2.46. The van der Waals surface area contributed by atoms with Crippen molar-refractivity contribution >= 4 is 0 Å². The molecule has 0 radical (unpaired) electrons. The van der Waals surface area contributed by atoms with E-state index in [-0.39, 0.29) is 11.9 Å². The number of hydrogen-bond donors (Lipinski definition) is 3. The first kappa shape index (κ1) is 15.4. The Morgan fingerprint density at radius 3 is 2.75 bits per heavy atom. The van der Waals surface area contributed by atoms with Gasteiger partial charge in [0.15, 0.2) is 0 Å². The van der Waals surface area contributed by atoms with Gasteiger partial charge in [-0.2, -0.15) is 0 Å². The highest BCUT2D eigenvalue weighted by atomic mass is 19.1. The molecule has 4 N–H and O–H groups in total. The molecular weight excluding hydrogens is 255 g/mol. The van der Waals surface area contributed by atoms with Gasteiger partial charge in [0, 0.05) is 18.6 Å². The Morgan fingerprint density at radius 2 is 2.05 bits per heavy atom. The maximum atomic E-state index is 13.1. The molecule has 0 saturated heterocycles. The highest BCUT2D eigenvalue weighted by molar-refractivity contribution is 5.17. The van der Waals surface area contributed by atoms with Crippen LogP contribution in [0.5, 0.6) is 0 Å². The van der Waals surface area contributed by atoms with Gasteiger partial charge >= 0.3 is 0 Å². The summed E-state index contributed by atoms with van der Waals surface area (Å²) in [4.78, 5) is 0. The Hall–Kier alpha value is -0.970. The average molecular weight is 280 g/mol. The largest absolute Gasteiger partial charge is 0.390 e. The third kappa shape index (κ3) is 4.85. The average Bonchev–Trinajstić information content (AvgIpc) is 2.46. The number of halogens is 1. The highest BCUT2D eigenvalue weighted by Crippen LogP contribution is 2.17. The van der Waals surface area contributed by atoms with Gasteiger partial charge in [-0.3, -0.25) is 0 Å². The Kier molecular flexibility index (Phi) is 5.95. The van der Waals surface area contributed by atoms with E-state index in [9.17, 15) is 9.50 Å². The van der Waals surface area contributed by atoms with Crippen LogP contribution in [-0.2, 0) is 6.42 Å². The maximum Gasteiger partial charge on any atom is 0.123 e. The number of aliphatic hydroxyl groups is 1. The molecule has 4 heteroatoms. The molecule has 1 aromatic carbocycles. The van der Waals surface area contributed by atoms with Crippen molar-refractivity contribution < 1.29 is 9.50 Å². The third-order valence-corrected chi connectivity index (χ3v) is 4.08.